The highest BCUT2D eigenvalue weighted by Crippen LogP contribution is 2.23. The Balaban J connectivity index is 2.05. The molecule has 1 aromatic heterocycles. The van der Waals surface area contributed by atoms with Crippen molar-refractivity contribution in [1.29, 1.82) is 0 Å². The average Bonchev–Trinajstić information content (AvgIpc) is 2.76. The Morgan fingerprint density at radius 1 is 1.47 bits per heavy atom. The van der Waals surface area contributed by atoms with Gasteiger partial charge >= 0.3 is 0 Å². The molecule has 2 unspecified atom stereocenters. The Bertz CT molecular complexity index is 522. The quantitative estimate of drug-likeness (QED) is 0.904. The fourth-order valence-electron chi connectivity index (χ4n) is 2.61. The zero-order chi connectivity index (χ0) is 14.0. The maximum Gasteiger partial charge on any atom is 0.154 e. The Morgan fingerprint density at radius 3 is 2.79 bits per heavy atom. The van der Waals surface area contributed by atoms with Gasteiger partial charge in [0.15, 0.2) is 9.84 Å². The third kappa shape index (κ3) is 3.36. The van der Waals surface area contributed by atoms with E-state index in [-0.39, 0.29) is 11.8 Å². The van der Waals surface area contributed by atoms with Crippen molar-refractivity contribution in [3.8, 4) is 0 Å². The van der Waals surface area contributed by atoms with E-state index < -0.39 is 15.1 Å². The zero-order valence-corrected chi connectivity index (χ0v) is 12.4. The van der Waals surface area contributed by atoms with Crippen LogP contribution in [0, 0.1) is 0 Å². The molecule has 108 valence electrons. The fourth-order valence-corrected chi connectivity index (χ4v) is 4.67. The van der Waals surface area contributed by atoms with E-state index in [0.29, 0.717) is 18.9 Å². The van der Waals surface area contributed by atoms with Gasteiger partial charge in [0.2, 0.25) is 0 Å². The second kappa shape index (κ2) is 5.63. The Labute approximate surface area is 115 Å². The highest BCUT2D eigenvalue weighted by molar-refractivity contribution is 7.92. The minimum Gasteiger partial charge on any atom is -0.326 e. The third-order valence-corrected chi connectivity index (χ3v) is 6.11. The summed E-state index contributed by atoms with van der Waals surface area (Å²) >= 11 is 0. The third-order valence-electron chi connectivity index (χ3n) is 3.74. The van der Waals surface area contributed by atoms with E-state index in [2.05, 4.69) is 18.9 Å². The molecule has 0 saturated carbocycles. The molecule has 0 radical (unpaired) electrons. The molecule has 0 amide bonds. The van der Waals surface area contributed by atoms with E-state index in [9.17, 15) is 8.42 Å². The molecule has 0 spiro atoms. The molecule has 2 N–H and O–H groups in total. The molecule has 0 aliphatic carbocycles. The summed E-state index contributed by atoms with van der Waals surface area (Å²) in [4.78, 5) is 0. The SMILES string of the molecule is CC(C)n1ccc(CC(N)C2CCCCS2(=O)=O)n1. The smallest absolute Gasteiger partial charge is 0.154 e. The van der Waals surface area contributed by atoms with Gasteiger partial charge < -0.3 is 5.73 Å². The van der Waals surface area contributed by atoms with Crippen LogP contribution in [0.4, 0.5) is 0 Å². The lowest BCUT2D eigenvalue weighted by molar-refractivity contribution is 0.485. The van der Waals surface area contributed by atoms with Crippen LogP contribution in [0.5, 0.6) is 0 Å². The van der Waals surface area contributed by atoms with Gasteiger partial charge in [-0.1, -0.05) is 6.42 Å². The minimum absolute atomic E-state index is 0.284. The maximum absolute atomic E-state index is 12.0. The summed E-state index contributed by atoms with van der Waals surface area (Å²) in [6, 6.07) is 1.89. The Kier molecular flexibility index (Phi) is 4.30. The highest BCUT2D eigenvalue weighted by Gasteiger charge is 2.33. The van der Waals surface area contributed by atoms with Crippen molar-refractivity contribution in [1.82, 2.24) is 9.78 Å². The maximum atomic E-state index is 12.0. The molecule has 1 aromatic rings. The second-order valence-electron chi connectivity index (χ2n) is 5.65. The van der Waals surface area contributed by atoms with Gasteiger partial charge in [0.25, 0.3) is 0 Å². The van der Waals surface area contributed by atoms with E-state index in [1.54, 1.807) is 0 Å². The summed E-state index contributed by atoms with van der Waals surface area (Å²) in [6.45, 7) is 4.12. The first-order valence-electron chi connectivity index (χ1n) is 6.91. The van der Waals surface area contributed by atoms with Crippen LogP contribution in [0.1, 0.15) is 44.8 Å². The molecule has 2 rings (SSSR count). The summed E-state index contributed by atoms with van der Waals surface area (Å²) in [5.74, 6) is 0.284. The van der Waals surface area contributed by atoms with Gasteiger partial charge in [0.1, 0.15) is 0 Å². The van der Waals surface area contributed by atoms with Crippen LogP contribution in [0.2, 0.25) is 0 Å². The van der Waals surface area contributed by atoms with E-state index in [1.807, 2.05) is 16.9 Å². The molecule has 1 aliphatic rings. The lowest BCUT2D eigenvalue weighted by atomic mass is 10.0. The average molecular weight is 285 g/mol. The van der Waals surface area contributed by atoms with Crippen LogP contribution in [0.3, 0.4) is 0 Å². The first-order valence-corrected chi connectivity index (χ1v) is 8.63. The molecule has 1 saturated heterocycles. The molecule has 0 aromatic carbocycles. The molecule has 1 aliphatic heterocycles. The van der Waals surface area contributed by atoms with Gasteiger partial charge in [0, 0.05) is 24.7 Å². The number of hydrogen-bond donors (Lipinski definition) is 1. The topological polar surface area (TPSA) is 78.0 Å². The van der Waals surface area contributed by atoms with Gasteiger partial charge in [0.05, 0.1) is 16.7 Å². The lowest BCUT2D eigenvalue weighted by Gasteiger charge is -2.27. The standard InChI is InChI=1S/C13H23N3O2S/c1-10(2)16-7-6-11(15-16)9-12(14)13-5-3-4-8-19(13,17)18/h6-7,10,12-13H,3-5,8-9,14H2,1-2H3. The minimum atomic E-state index is -3.01. The van der Waals surface area contributed by atoms with E-state index in [4.69, 9.17) is 5.73 Å². The molecule has 2 heterocycles. The molecular weight excluding hydrogens is 262 g/mol. The summed E-state index contributed by atoms with van der Waals surface area (Å²) in [6.07, 6.45) is 4.87. The van der Waals surface area contributed by atoms with Crippen molar-refractivity contribution in [3.05, 3.63) is 18.0 Å². The van der Waals surface area contributed by atoms with E-state index in [1.165, 1.54) is 0 Å². The monoisotopic (exact) mass is 285 g/mol. The van der Waals surface area contributed by atoms with Gasteiger partial charge in [-0.05, 0) is 32.8 Å². The Hall–Kier alpha value is -0.880. The van der Waals surface area contributed by atoms with Crippen LogP contribution in [0.25, 0.3) is 0 Å². The number of nitrogens with two attached hydrogens (primary N) is 1. The van der Waals surface area contributed by atoms with Crippen LogP contribution in [0.15, 0.2) is 12.3 Å². The number of hydrogen-bond acceptors (Lipinski definition) is 4. The highest BCUT2D eigenvalue weighted by atomic mass is 32.2. The summed E-state index contributed by atoms with van der Waals surface area (Å²) in [5.41, 5.74) is 6.99. The van der Waals surface area contributed by atoms with Crippen molar-refractivity contribution in [2.45, 2.75) is 56.9 Å². The zero-order valence-electron chi connectivity index (χ0n) is 11.6. The van der Waals surface area contributed by atoms with Crippen LogP contribution >= 0.6 is 0 Å². The van der Waals surface area contributed by atoms with Crippen molar-refractivity contribution in [2.24, 2.45) is 5.73 Å². The first kappa shape index (κ1) is 14.5. The molecule has 0 bridgehead atoms. The van der Waals surface area contributed by atoms with Crippen molar-refractivity contribution >= 4 is 9.84 Å². The lowest BCUT2D eigenvalue weighted by Crippen LogP contribution is -2.45. The van der Waals surface area contributed by atoms with Gasteiger partial charge in [-0.2, -0.15) is 5.10 Å². The van der Waals surface area contributed by atoms with Crippen LogP contribution < -0.4 is 5.73 Å². The predicted octanol–water partition coefficient (Wildman–Crippen LogP) is 1.30. The van der Waals surface area contributed by atoms with Gasteiger partial charge in [-0.3, -0.25) is 4.68 Å². The van der Waals surface area contributed by atoms with Crippen molar-refractivity contribution in [2.75, 3.05) is 5.75 Å². The molecule has 1 fully saturated rings. The summed E-state index contributed by atoms with van der Waals surface area (Å²) in [7, 11) is -3.01. The van der Waals surface area contributed by atoms with Gasteiger partial charge in [-0.15, -0.1) is 0 Å². The normalized spacial score (nSPS) is 24.5. The predicted molar refractivity (Wildman–Crippen MR) is 75.7 cm³/mol. The van der Waals surface area contributed by atoms with Crippen LogP contribution in [-0.4, -0.2) is 35.2 Å². The molecule has 6 heteroatoms. The Morgan fingerprint density at radius 2 is 2.21 bits per heavy atom. The van der Waals surface area contributed by atoms with E-state index >= 15 is 0 Å². The van der Waals surface area contributed by atoms with Crippen molar-refractivity contribution in [3.63, 3.8) is 0 Å². The first-order chi connectivity index (χ1) is 8.90. The molecular formula is C13H23N3O2S. The van der Waals surface area contributed by atoms with Crippen LogP contribution in [-0.2, 0) is 16.3 Å². The fraction of sp³-hybridized carbons (Fsp3) is 0.769. The molecule has 2 atom stereocenters. The number of aromatic nitrogens is 2. The van der Waals surface area contributed by atoms with E-state index in [0.717, 1.165) is 18.5 Å². The molecule has 19 heavy (non-hydrogen) atoms. The van der Waals surface area contributed by atoms with Gasteiger partial charge in [-0.25, -0.2) is 8.42 Å². The second-order valence-corrected chi connectivity index (χ2v) is 7.99. The summed E-state index contributed by atoms with van der Waals surface area (Å²) < 4.78 is 25.9. The number of rotatable bonds is 4. The molecule has 5 nitrogen and oxygen atoms in total. The largest absolute Gasteiger partial charge is 0.326 e. The number of sulfone groups is 1. The number of nitrogens with zero attached hydrogens (tertiary/aromatic N) is 2. The summed E-state index contributed by atoms with van der Waals surface area (Å²) in [5, 5.41) is 4.04. The van der Waals surface area contributed by atoms with Crippen molar-refractivity contribution < 1.29 is 8.42 Å².